The van der Waals surface area contributed by atoms with Crippen LogP contribution in [0.5, 0.6) is 5.75 Å². The molecule has 0 atom stereocenters. The number of thioether (sulfide) groups is 1. The maximum absolute atomic E-state index is 12.0. The number of amides is 1. The first kappa shape index (κ1) is 18.3. The van der Waals surface area contributed by atoms with Gasteiger partial charge in [-0.05, 0) is 36.4 Å². The predicted molar refractivity (Wildman–Crippen MR) is 102 cm³/mol. The number of anilines is 1. The minimum atomic E-state index is -0.125. The molecule has 3 aromatic rings. The molecular weight excluding hydrogens is 374 g/mol. The van der Waals surface area contributed by atoms with Crippen LogP contribution in [0.1, 0.15) is 6.42 Å². The number of carbonyl (C=O) groups is 1. The average Bonchev–Trinajstić information content (AvgIpc) is 3.12. The lowest BCUT2D eigenvalue weighted by atomic mass is 10.2. The minimum Gasteiger partial charge on any atom is -0.497 e. The number of aromatic nitrogens is 2. The summed E-state index contributed by atoms with van der Waals surface area (Å²) in [4.78, 5) is 12.0. The van der Waals surface area contributed by atoms with Gasteiger partial charge < -0.3 is 14.5 Å². The molecule has 0 unspecified atom stereocenters. The maximum Gasteiger partial charge on any atom is 0.276 e. The number of nitrogens with zero attached hydrogens (tertiary/aromatic N) is 2. The van der Waals surface area contributed by atoms with E-state index in [2.05, 4.69) is 15.5 Å². The molecule has 0 saturated carbocycles. The number of hydrogen-bond donors (Lipinski definition) is 1. The molecule has 0 radical (unpaired) electrons. The van der Waals surface area contributed by atoms with E-state index < -0.39 is 0 Å². The Balaban J connectivity index is 1.50. The second kappa shape index (κ2) is 8.73. The molecule has 0 fully saturated rings. The molecule has 0 aliphatic rings. The number of benzene rings is 2. The largest absolute Gasteiger partial charge is 0.497 e. The van der Waals surface area contributed by atoms with E-state index in [1.54, 1.807) is 19.2 Å². The van der Waals surface area contributed by atoms with Gasteiger partial charge in [-0.3, -0.25) is 4.79 Å². The summed E-state index contributed by atoms with van der Waals surface area (Å²) in [5.41, 5.74) is 1.41. The number of rotatable bonds is 7. The van der Waals surface area contributed by atoms with Crippen LogP contribution in [0, 0.1) is 0 Å². The number of methoxy groups -OCH3 is 1. The van der Waals surface area contributed by atoms with E-state index in [0.717, 1.165) is 11.3 Å². The Hall–Kier alpha value is -2.51. The van der Waals surface area contributed by atoms with Gasteiger partial charge in [0.1, 0.15) is 5.75 Å². The van der Waals surface area contributed by atoms with Crippen LogP contribution in [0.4, 0.5) is 5.69 Å². The van der Waals surface area contributed by atoms with E-state index >= 15 is 0 Å². The molecule has 0 aliphatic carbocycles. The van der Waals surface area contributed by atoms with Crippen LogP contribution in [-0.4, -0.2) is 29.0 Å². The Morgan fingerprint density at radius 1 is 1.19 bits per heavy atom. The van der Waals surface area contributed by atoms with E-state index in [1.165, 1.54) is 11.8 Å². The highest BCUT2D eigenvalue weighted by Gasteiger charge is 2.11. The van der Waals surface area contributed by atoms with Gasteiger partial charge in [0.2, 0.25) is 11.8 Å². The number of halogens is 1. The zero-order valence-corrected chi connectivity index (χ0v) is 15.5. The molecule has 0 saturated heterocycles. The van der Waals surface area contributed by atoms with Crippen molar-refractivity contribution < 1.29 is 13.9 Å². The van der Waals surface area contributed by atoms with Gasteiger partial charge in [0.05, 0.1) is 17.8 Å². The third-order valence-electron chi connectivity index (χ3n) is 3.45. The van der Waals surface area contributed by atoms with Crippen LogP contribution in [0.25, 0.3) is 11.5 Å². The van der Waals surface area contributed by atoms with Crippen LogP contribution < -0.4 is 10.1 Å². The van der Waals surface area contributed by atoms with E-state index in [-0.39, 0.29) is 5.91 Å². The molecule has 26 heavy (non-hydrogen) atoms. The number of carbonyl (C=O) groups excluding carboxylic acids is 1. The molecule has 3 rings (SSSR count). The maximum atomic E-state index is 12.0. The Morgan fingerprint density at radius 3 is 2.69 bits per heavy atom. The summed E-state index contributed by atoms with van der Waals surface area (Å²) in [5.74, 6) is 1.57. The van der Waals surface area contributed by atoms with Crippen molar-refractivity contribution in [3.05, 3.63) is 53.6 Å². The summed E-state index contributed by atoms with van der Waals surface area (Å²) in [5, 5.41) is 11.7. The van der Waals surface area contributed by atoms with E-state index in [0.29, 0.717) is 34.0 Å². The summed E-state index contributed by atoms with van der Waals surface area (Å²) in [7, 11) is 1.61. The van der Waals surface area contributed by atoms with Gasteiger partial charge in [0, 0.05) is 17.7 Å². The molecular formula is C18H16ClN3O3S. The highest BCUT2D eigenvalue weighted by atomic mass is 35.5. The summed E-state index contributed by atoms with van der Waals surface area (Å²) in [6, 6.07) is 14.4. The van der Waals surface area contributed by atoms with Crippen molar-refractivity contribution in [3.63, 3.8) is 0 Å². The first-order chi connectivity index (χ1) is 12.7. The Kier molecular flexibility index (Phi) is 6.14. The number of nitrogens with one attached hydrogen (secondary N) is 1. The SMILES string of the molecule is COc1ccc(-c2nnc(SCCC(=O)Nc3ccccc3Cl)o2)cc1. The molecule has 2 aromatic carbocycles. The van der Waals surface area contributed by atoms with Crippen molar-refractivity contribution in [2.75, 3.05) is 18.2 Å². The second-order valence-electron chi connectivity index (χ2n) is 5.23. The topological polar surface area (TPSA) is 77.2 Å². The Labute approximate surface area is 159 Å². The van der Waals surface area contributed by atoms with Gasteiger partial charge in [-0.1, -0.05) is 35.5 Å². The van der Waals surface area contributed by atoms with E-state index in [9.17, 15) is 4.79 Å². The average molecular weight is 390 g/mol. The molecule has 0 aliphatic heterocycles. The van der Waals surface area contributed by atoms with Crippen molar-refractivity contribution in [2.24, 2.45) is 0 Å². The fraction of sp³-hybridized carbons (Fsp3) is 0.167. The molecule has 0 bridgehead atoms. The van der Waals surface area contributed by atoms with Crippen molar-refractivity contribution in [1.82, 2.24) is 10.2 Å². The first-order valence-electron chi connectivity index (χ1n) is 7.81. The van der Waals surface area contributed by atoms with Gasteiger partial charge >= 0.3 is 0 Å². The van der Waals surface area contributed by atoms with Crippen LogP contribution in [0.15, 0.2) is 58.2 Å². The predicted octanol–water partition coefficient (Wildman–Crippen LogP) is 4.52. The lowest BCUT2D eigenvalue weighted by molar-refractivity contribution is -0.115. The zero-order chi connectivity index (χ0) is 18.4. The highest BCUT2D eigenvalue weighted by Crippen LogP contribution is 2.25. The van der Waals surface area contributed by atoms with Crippen molar-refractivity contribution >= 4 is 35.0 Å². The molecule has 1 N–H and O–H groups in total. The molecule has 1 heterocycles. The number of ether oxygens (including phenoxy) is 1. The lowest BCUT2D eigenvalue weighted by Crippen LogP contribution is -2.12. The van der Waals surface area contributed by atoms with Crippen molar-refractivity contribution in [3.8, 4) is 17.2 Å². The van der Waals surface area contributed by atoms with Gasteiger partial charge in [0.25, 0.3) is 5.22 Å². The molecule has 1 amide bonds. The third-order valence-corrected chi connectivity index (χ3v) is 4.60. The van der Waals surface area contributed by atoms with Gasteiger partial charge in [-0.25, -0.2) is 0 Å². The zero-order valence-electron chi connectivity index (χ0n) is 13.9. The van der Waals surface area contributed by atoms with E-state index in [1.807, 2.05) is 36.4 Å². The Morgan fingerprint density at radius 2 is 1.96 bits per heavy atom. The molecule has 8 heteroatoms. The van der Waals surface area contributed by atoms with E-state index in [4.69, 9.17) is 20.8 Å². The van der Waals surface area contributed by atoms with Crippen LogP contribution in [-0.2, 0) is 4.79 Å². The van der Waals surface area contributed by atoms with Crippen LogP contribution in [0.2, 0.25) is 5.02 Å². The summed E-state index contributed by atoms with van der Waals surface area (Å²) >= 11 is 7.35. The first-order valence-corrected chi connectivity index (χ1v) is 9.17. The normalized spacial score (nSPS) is 10.5. The quantitative estimate of drug-likeness (QED) is 0.598. The summed E-state index contributed by atoms with van der Waals surface area (Å²) in [6.07, 6.45) is 0.302. The minimum absolute atomic E-state index is 0.125. The fourth-order valence-electron chi connectivity index (χ4n) is 2.12. The molecule has 1 aromatic heterocycles. The summed E-state index contributed by atoms with van der Waals surface area (Å²) < 4.78 is 10.7. The lowest BCUT2D eigenvalue weighted by Gasteiger charge is -2.05. The number of hydrogen-bond acceptors (Lipinski definition) is 6. The molecule has 134 valence electrons. The Bertz CT molecular complexity index is 883. The standard InChI is InChI=1S/C18H16ClN3O3S/c1-24-13-8-6-12(7-9-13)17-21-22-18(25-17)26-11-10-16(23)20-15-5-3-2-4-14(15)19/h2-9H,10-11H2,1H3,(H,20,23). The van der Waals surface area contributed by atoms with Gasteiger partial charge in [-0.15, -0.1) is 10.2 Å². The smallest absolute Gasteiger partial charge is 0.276 e. The molecule has 0 spiro atoms. The van der Waals surface area contributed by atoms with Crippen LogP contribution >= 0.6 is 23.4 Å². The third kappa shape index (κ3) is 4.77. The highest BCUT2D eigenvalue weighted by molar-refractivity contribution is 7.99. The van der Waals surface area contributed by atoms with Crippen molar-refractivity contribution in [1.29, 1.82) is 0 Å². The monoisotopic (exact) mass is 389 g/mol. The fourth-order valence-corrected chi connectivity index (χ4v) is 3.01. The number of para-hydroxylation sites is 1. The van der Waals surface area contributed by atoms with Crippen molar-refractivity contribution in [2.45, 2.75) is 11.6 Å². The van der Waals surface area contributed by atoms with Gasteiger partial charge in [-0.2, -0.15) is 0 Å². The van der Waals surface area contributed by atoms with Crippen LogP contribution in [0.3, 0.4) is 0 Å². The summed E-state index contributed by atoms with van der Waals surface area (Å²) in [6.45, 7) is 0. The second-order valence-corrected chi connectivity index (χ2v) is 6.68. The van der Waals surface area contributed by atoms with Gasteiger partial charge in [0.15, 0.2) is 0 Å². The molecule has 6 nitrogen and oxygen atoms in total.